The number of hydrogen-bond acceptors (Lipinski definition) is 3. The molecule has 0 fully saturated rings. The number of esters is 1. The zero-order valence-electron chi connectivity index (χ0n) is 15.1. The van der Waals surface area contributed by atoms with Crippen LogP contribution < -0.4 is 4.74 Å². The Morgan fingerprint density at radius 2 is 1.85 bits per heavy atom. The van der Waals surface area contributed by atoms with Crippen LogP contribution in [-0.2, 0) is 6.42 Å². The Morgan fingerprint density at radius 3 is 2.63 bits per heavy atom. The summed E-state index contributed by atoms with van der Waals surface area (Å²) in [4.78, 5) is 16.9. The number of benzene rings is 3. The first-order valence-electron chi connectivity index (χ1n) is 8.74. The molecule has 0 radical (unpaired) electrons. The third-order valence-electron chi connectivity index (χ3n) is 4.03. The van der Waals surface area contributed by atoms with Crippen LogP contribution in [0.3, 0.4) is 0 Å². The second kappa shape index (κ2) is 9.28. The Morgan fingerprint density at radius 1 is 1.04 bits per heavy atom. The van der Waals surface area contributed by atoms with Crippen LogP contribution in [0.5, 0.6) is 5.75 Å². The van der Waals surface area contributed by atoms with Crippen molar-refractivity contribution in [2.75, 3.05) is 6.54 Å². The van der Waals surface area contributed by atoms with E-state index in [1.54, 1.807) is 18.3 Å². The van der Waals surface area contributed by atoms with Crippen molar-refractivity contribution < 1.29 is 9.53 Å². The monoisotopic (exact) mass is 421 g/mol. The maximum Gasteiger partial charge on any atom is 0.343 e. The largest absolute Gasteiger partial charge is 0.422 e. The number of rotatable bonds is 6. The molecule has 0 unspecified atom stereocenters. The lowest BCUT2D eigenvalue weighted by atomic mass is 10.1. The maximum absolute atomic E-state index is 12.4. The molecule has 136 valence electrons. The van der Waals surface area contributed by atoms with E-state index >= 15 is 0 Å². The molecule has 0 aliphatic heterocycles. The van der Waals surface area contributed by atoms with Gasteiger partial charge in [0.05, 0.1) is 5.56 Å². The summed E-state index contributed by atoms with van der Waals surface area (Å²) in [5.41, 5.74) is 3.56. The first-order chi connectivity index (χ1) is 13.1. The summed E-state index contributed by atoms with van der Waals surface area (Å²) < 4.78 is 6.51. The van der Waals surface area contributed by atoms with Gasteiger partial charge in [0.15, 0.2) is 0 Å². The summed E-state index contributed by atoms with van der Waals surface area (Å²) in [5, 5.41) is 0. The molecule has 0 spiro atoms. The van der Waals surface area contributed by atoms with Crippen molar-refractivity contribution in [2.45, 2.75) is 13.3 Å². The van der Waals surface area contributed by atoms with Crippen molar-refractivity contribution in [2.24, 2.45) is 4.99 Å². The van der Waals surface area contributed by atoms with Crippen molar-refractivity contribution in [3.63, 3.8) is 0 Å². The third-order valence-corrected chi connectivity index (χ3v) is 4.52. The number of halogens is 1. The summed E-state index contributed by atoms with van der Waals surface area (Å²) >= 11 is 3.46. The van der Waals surface area contributed by atoms with Crippen LogP contribution >= 0.6 is 15.9 Å². The molecule has 0 heterocycles. The molecule has 0 N–H and O–H groups in total. The Kier molecular flexibility index (Phi) is 6.55. The summed E-state index contributed by atoms with van der Waals surface area (Å²) in [6, 6.07) is 23.1. The van der Waals surface area contributed by atoms with Crippen LogP contribution in [-0.4, -0.2) is 18.7 Å². The molecule has 0 aliphatic carbocycles. The Balaban J connectivity index is 1.71. The van der Waals surface area contributed by atoms with E-state index in [0.717, 1.165) is 22.0 Å². The van der Waals surface area contributed by atoms with Gasteiger partial charge in [-0.2, -0.15) is 0 Å². The molecule has 3 rings (SSSR count). The smallest absolute Gasteiger partial charge is 0.343 e. The zero-order chi connectivity index (χ0) is 19.1. The van der Waals surface area contributed by atoms with Crippen molar-refractivity contribution in [3.05, 3.63) is 99.5 Å². The molecule has 0 aliphatic rings. The molecule has 0 saturated carbocycles. The predicted molar refractivity (Wildman–Crippen MR) is 113 cm³/mol. The number of aliphatic imine (C=N–C) groups is 1. The lowest BCUT2D eigenvalue weighted by Crippen LogP contribution is -2.10. The molecular formula is C23H20BrNO2. The Hall–Kier alpha value is -2.72. The Labute approximate surface area is 167 Å². The van der Waals surface area contributed by atoms with Gasteiger partial charge in [0.2, 0.25) is 0 Å². The van der Waals surface area contributed by atoms with Gasteiger partial charge in [-0.25, -0.2) is 4.79 Å². The molecule has 0 amide bonds. The second-order valence-electron chi connectivity index (χ2n) is 6.21. The van der Waals surface area contributed by atoms with Crippen LogP contribution in [0.15, 0.2) is 82.3 Å². The molecular weight excluding hydrogens is 402 g/mol. The number of hydrogen-bond donors (Lipinski definition) is 0. The van der Waals surface area contributed by atoms with Gasteiger partial charge in [-0.05, 0) is 49.2 Å². The van der Waals surface area contributed by atoms with Crippen LogP contribution in [0.1, 0.15) is 27.0 Å². The van der Waals surface area contributed by atoms with E-state index in [1.807, 2.05) is 55.5 Å². The average Bonchev–Trinajstić information content (AvgIpc) is 2.68. The van der Waals surface area contributed by atoms with Gasteiger partial charge in [-0.15, -0.1) is 0 Å². The average molecular weight is 422 g/mol. The summed E-state index contributed by atoms with van der Waals surface area (Å²) in [5.74, 6) is 0.119. The van der Waals surface area contributed by atoms with Gasteiger partial charge in [0.25, 0.3) is 0 Å². The van der Waals surface area contributed by atoms with E-state index in [9.17, 15) is 4.79 Å². The lowest BCUT2D eigenvalue weighted by molar-refractivity contribution is 0.0734. The molecule has 0 atom stereocenters. The standard InChI is InChI=1S/C23H20BrNO2/c1-17-6-5-9-19(14-17)23(26)27-22-11-10-21(24)15-20(22)16-25-13-12-18-7-3-2-4-8-18/h2-11,14-16H,12-13H2,1H3. The number of nitrogens with zero attached hydrogens (tertiary/aromatic N) is 1. The molecule has 4 heteroatoms. The summed E-state index contributed by atoms with van der Waals surface area (Å²) in [6.45, 7) is 2.61. The highest BCUT2D eigenvalue weighted by atomic mass is 79.9. The fraction of sp³-hybridized carbons (Fsp3) is 0.130. The molecule has 3 aromatic carbocycles. The van der Waals surface area contributed by atoms with Gasteiger partial charge in [0.1, 0.15) is 5.75 Å². The first-order valence-corrected chi connectivity index (χ1v) is 9.53. The maximum atomic E-state index is 12.4. The Bertz CT molecular complexity index is 952. The van der Waals surface area contributed by atoms with Gasteiger partial charge < -0.3 is 4.74 Å². The SMILES string of the molecule is Cc1cccc(C(=O)Oc2ccc(Br)cc2C=NCCc2ccccc2)c1. The van der Waals surface area contributed by atoms with Gasteiger partial charge in [-0.1, -0.05) is 64.0 Å². The summed E-state index contributed by atoms with van der Waals surface area (Å²) in [6.07, 6.45) is 2.62. The number of carbonyl (C=O) groups excluding carboxylic acids is 1. The predicted octanol–water partition coefficient (Wildman–Crippen LogP) is 5.64. The quantitative estimate of drug-likeness (QED) is 0.293. The number of ether oxygens (including phenoxy) is 1. The van der Waals surface area contributed by atoms with Gasteiger partial charge >= 0.3 is 5.97 Å². The number of aryl methyl sites for hydroxylation is 1. The minimum absolute atomic E-state index is 0.375. The van der Waals surface area contributed by atoms with Crippen LogP contribution in [0.4, 0.5) is 0 Å². The fourth-order valence-corrected chi connectivity index (χ4v) is 3.02. The van der Waals surface area contributed by atoms with E-state index < -0.39 is 0 Å². The van der Waals surface area contributed by atoms with Gasteiger partial charge in [-0.3, -0.25) is 4.99 Å². The highest BCUT2D eigenvalue weighted by Crippen LogP contribution is 2.23. The van der Waals surface area contributed by atoms with Crippen molar-refractivity contribution in [3.8, 4) is 5.75 Å². The zero-order valence-corrected chi connectivity index (χ0v) is 16.6. The van der Waals surface area contributed by atoms with Gasteiger partial charge in [0, 0.05) is 22.8 Å². The summed E-state index contributed by atoms with van der Waals surface area (Å²) in [7, 11) is 0. The molecule has 3 aromatic rings. The molecule has 0 bridgehead atoms. The van der Waals surface area contributed by atoms with E-state index in [0.29, 0.717) is 17.9 Å². The minimum atomic E-state index is -0.375. The highest BCUT2D eigenvalue weighted by Gasteiger charge is 2.11. The number of carbonyl (C=O) groups is 1. The topological polar surface area (TPSA) is 38.7 Å². The van der Waals surface area contributed by atoms with Crippen molar-refractivity contribution in [1.82, 2.24) is 0 Å². The van der Waals surface area contributed by atoms with Crippen LogP contribution in [0, 0.1) is 6.92 Å². The van der Waals surface area contributed by atoms with Crippen LogP contribution in [0.2, 0.25) is 0 Å². The molecule has 0 aromatic heterocycles. The van der Waals surface area contributed by atoms with Crippen LogP contribution in [0.25, 0.3) is 0 Å². The highest BCUT2D eigenvalue weighted by molar-refractivity contribution is 9.10. The van der Waals surface area contributed by atoms with E-state index in [-0.39, 0.29) is 5.97 Å². The fourth-order valence-electron chi connectivity index (χ4n) is 2.65. The van der Waals surface area contributed by atoms with Crippen molar-refractivity contribution in [1.29, 1.82) is 0 Å². The molecule has 3 nitrogen and oxygen atoms in total. The third kappa shape index (κ3) is 5.63. The molecule has 27 heavy (non-hydrogen) atoms. The van der Waals surface area contributed by atoms with E-state index in [4.69, 9.17) is 4.74 Å². The minimum Gasteiger partial charge on any atom is -0.422 e. The van der Waals surface area contributed by atoms with E-state index in [1.165, 1.54) is 5.56 Å². The van der Waals surface area contributed by atoms with E-state index in [2.05, 4.69) is 33.1 Å². The first kappa shape index (κ1) is 19.1. The normalized spacial score (nSPS) is 10.9. The molecule has 0 saturated heterocycles. The second-order valence-corrected chi connectivity index (χ2v) is 7.13. The van der Waals surface area contributed by atoms with Crippen molar-refractivity contribution >= 4 is 28.1 Å². The lowest BCUT2D eigenvalue weighted by Gasteiger charge is -2.08.